The summed E-state index contributed by atoms with van der Waals surface area (Å²) in [5, 5.41) is 8.68. The topological polar surface area (TPSA) is 82.7 Å². The van der Waals surface area contributed by atoms with Gasteiger partial charge in [0.25, 0.3) is 5.91 Å². The number of benzene rings is 2. The molecular formula is C25H34N4O3. The van der Waals surface area contributed by atoms with Crippen molar-refractivity contribution < 1.29 is 14.3 Å². The molecule has 32 heavy (non-hydrogen) atoms. The number of methoxy groups -OCH3 is 1. The Balaban J connectivity index is 1.69. The number of piperidine rings is 1. The zero-order valence-electron chi connectivity index (χ0n) is 19.0. The molecule has 172 valence electrons. The van der Waals surface area contributed by atoms with Crippen LogP contribution >= 0.6 is 0 Å². The van der Waals surface area contributed by atoms with E-state index in [4.69, 9.17) is 4.74 Å². The molecule has 0 radical (unpaired) electrons. The third-order valence-corrected chi connectivity index (χ3v) is 5.73. The molecule has 3 amide bonds. The third kappa shape index (κ3) is 6.99. The van der Waals surface area contributed by atoms with Crippen molar-refractivity contribution in [3.05, 3.63) is 59.7 Å². The fraction of sp³-hybridized carbons (Fsp3) is 0.440. The second-order valence-corrected chi connectivity index (χ2v) is 8.30. The van der Waals surface area contributed by atoms with E-state index < -0.39 is 0 Å². The molecule has 1 heterocycles. The van der Waals surface area contributed by atoms with Gasteiger partial charge >= 0.3 is 6.03 Å². The largest absolute Gasteiger partial charge is 0.385 e. The Kier molecular flexibility index (Phi) is 8.92. The Hall–Kier alpha value is -3.06. The van der Waals surface area contributed by atoms with Gasteiger partial charge in [-0.1, -0.05) is 37.3 Å². The van der Waals surface area contributed by atoms with Crippen molar-refractivity contribution in [2.24, 2.45) is 5.92 Å². The molecule has 1 aliphatic heterocycles. The molecule has 3 N–H and O–H groups in total. The molecular weight excluding hydrogens is 404 g/mol. The summed E-state index contributed by atoms with van der Waals surface area (Å²) in [6.07, 6.45) is 2.96. The van der Waals surface area contributed by atoms with Gasteiger partial charge in [-0.2, -0.15) is 0 Å². The van der Waals surface area contributed by atoms with Crippen LogP contribution in [0, 0.1) is 5.92 Å². The van der Waals surface area contributed by atoms with Gasteiger partial charge in [-0.25, -0.2) is 4.79 Å². The first kappa shape index (κ1) is 23.6. The van der Waals surface area contributed by atoms with Crippen molar-refractivity contribution in [3.8, 4) is 0 Å². The van der Waals surface area contributed by atoms with Crippen LogP contribution in [0.15, 0.2) is 48.5 Å². The first-order chi connectivity index (χ1) is 15.6. The Labute approximate surface area is 190 Å². The van der Waals surface area contributed by atoms with Gasteiger partial charge in [-0.15, -0.1) is 0 Å². The minimum absolute atomic E-state index is 0.136. The molecule has 0 spiro atoms. The van der Waals surface area contributed by atoms with E-state index in [1.54, 1.807) is 13.2 Å². The van der Waals surface area contributed by atoms with Crippen LogP contribution in [0.25, 0.3) is 0 Å². The average Bonchev–Trinajstić information content (AvgIpc) is 2.82. The molecule has 0 aromatic heterocycles. The standard InChI is InChI=1S/C25H34N4O3/c1-19-11-14-29(15-12-19)23-10-9-21(17-22(23)24(30)26-13-6-16-32-2)28-25(31)27-18-20-7-4-3-5-8-20/h3-5,7-10,17,19H,6,11-16,18H2,1-2H3,(H,26,30)(H2,27,28,31). The van der Waals surface area contributed by atoms with E-state index in [0.29, 0.717) is 36.9 Å². The number of anilines is 2. The second kappa shape index (κ2) is 12.1. The van der Waals surface area contributed by atoms with Gasteiger partial charge in [0.1, 0.15) is 0 Å². The van der Waals surface area contributed by atoms with Crippen molar-refractivity contribution in [1.29, 1.82) is 0 Å². The van der Waals surface area contributed by atoms with Crippen molar-refractivity contribution in [2.45, 2.75) is 32.7 Å². The number of amides is 3. The predicted molar refractivity (Wildman–Crippen MR) is 128 cm³/mol. The number of carbonyl (C=O) groups is 2. The highest BCUT2D eigenvalue weighted by Gasteiger charge is 2.21. The van der Waals surface area contributed by atoms with Crippen LogP contribution in [0.2, 0.25) is 0 Å². The molecule has 7 nitrogen and oxygen atoms in total. The molecule has 2 aromatic rings. The van der Waals surface area contributed by atoms with E-state index in [1.807, 2.05) is 42.5 Å². The summed E-state index contributed by atoms with van der Waals surface area (Å²) in [5.74, 6) is 0.565. The maximum absolute atomic E-state index is 13.0. The summed E-state index contributed by atoms with van der Waals surface area (Å²) in [7, 11) is 1.65. The Morgan fingerprint density at radius 1 is 1.06 bits per heavy atom. The van der Waals surface area contributed by atoms with Gasteiger partial charge in [0, 0.05) is 51.3 Å². The fourth-order valence-electron chi connectivity index (χ4n) is 3.79. The van der Waals surface area contributed by atoms with Crippen LogP contribution in [0.3, 0.4) is 0 Å². The second-order valence-electron chi connectivity index (χ2n) is 8.30. The molecule has 7 heteroatoms. The van der Waals surface area contributed by atoms with Crippen molar-refractivity contribution >= 4 is 23.3 Å². The summed E-state index contributed by atoms with van der Waals surface area (Å²) in [4.78, 5) is 27.6. The van der Waals surface area contributed by atoms with Crippen LogP contribution in [0.1, 0.15) is 42.1 Å². The van der Waals surface area contributed by atoms with E-state index in [9.17, 15) is 9.59 Å². The van der Waals surface area contributed by atoms with E-state index >= 15 is 0 Å². The molecule has 3 rings (SSSR count). The Morgan fingerprint density at radius 3 is 2.53 bits per heavy atom. The maximum atomic E-state index is 13.0. The lowest BCUT2D eigenvalue weighted by Crippen LogP contribution is -2.35. The lowest BCUT2D eigenvalue weighted by atomic mass is 9.98. The minimum Gasteiger partial charge on any atom is -0.385 e. The first-order valence-corrected chi connectivity index (χ1v) is 11.3. The number of nitrogens with zero attached hydrogens (tertiary/aromatic N) is 1. The molecule has 2 aromatic carbocycles. The van der Waals surface area contributed by atoms with Crippen LogP contribution in [-0.2, 0) is 11.3 Å². The number of ether oxygens (including phenoxy) is 1. The quantitative estimate of drug-likeness (QED) is 0.517. The number of urea groups is 1. The summed E-state index contributed by atoms with van der Waals surface area (Å²) >= 11 is 0. The van der Waals surface area contributed by atoms with Crippen molar-refractivity contribution in [3.63, 3.8) is 0 Å². The van der Waals surface area contributed by atoms with Crippen LogP contribution < -0.4 is 20.9 Å². The highest BCUT2D eigenvalue weighted by atomic mass is 16.5. The first-order valence-electron chi connectivity index (χ1n) is 11.3. The van der Waals surface area contributed by atoms with E-state index in [1.165, 1.54) is 0 Å². The van der Waals surface area contributed by atoms with Crippen LogP contribution in [0.5, 0.6) is 0 Å². The Bertz CT molecular complexity index is 880. The molecule has 0 unspecified atom stereocenters. The smallest absolute Gasteiger partial charge is 0.319 e. The van der Waals surface area contributed by atoms with Gasteiger partial charge in [-0.05, 0) is 48.9 Å². The zero-order chi connectivity index (χ0) is 22.8. The monoisotopic (exact) mass is 438 g/mol. The summed E-state index contributed by atoms with van der Waals surface area (Å²) < 4.78 is 5.06. The molecule has 0 saturated carbocycles. The Morgan fingerprint density at radius 2 is 1.81 bits per heavy atom. The van der Waals surface area contributed by atoms with Gasteiger partial charge < -0.3 is 25.6 Å². The van der Waals surface area contributed by atoms with Crippen molar-refractivity contribution in [1.82, 2.24) is 10.6 Å². The highest BCUT2D eigenvalue weighted by molar-refractivity contribution is 6.02. The van der Waals surface area contributed by atoms with Crippen LogP contribution in [-0.4, -0.2) is 45.3 Å². The average molecular weight is 439 g/mol. The lowest BCUT2D eigenvalue weighted by molar-refractivity contribution is 0.0949. The fourth-order valence-corrected chi connectivity index (χ4v) is 3.79. The van der Waals surface area contributed by atoms with Gasteiger partial charge in [0.2, 0.25) is 0 Å². The normalized spacial score (nSPS) is 14.1. The third-order valence-electron chi connectivity index (χ3n) is 5.73. The summed E-state index contributed by atoms with van der Waals surface area (Å²) in [6, 6.07) is 15.0. The summed E-state index contributed by atoms with van der Waals surface area (Å²) in [6.45, 7) is 5.69. The predicted octanol–water partition coefficient (Wildman–Crippen LogP) is 4.01. The number of hydrogen-bond donors (Lipinski definition) is 3. The lowest BCUT2D eigenvalue weighted by Gasteiger charge is -2.33. The molecule has 0 bridgehead atoms. The number of hydrogen-bond acceptors (Lipinski definition) is 4. The van der Waals surface area contributed by atoms with Gasteiger partial charge in [0.05, 0.1) is 5.56 Å². The number of carbonyl (C=O) groups excluding carboxylic acids is 2. The van der Waals surface area contributed by atoms with Crippen molar-refractivity contribution in [2.75, 3.05) is 43.6 Å². The molecule has 1 fully saturated rings. The molecule has 0 aliphatic carbocycles. The van der Waals surface area contributed by atoms with E-state index in [2.05, 4.69) is 27.8 Å². The summed E-state index contributed by atoms with van der Waals surface area (Å²) in [5.41, 5.74) is 3.11. The molecule has 1 aliphatic rings. The zero-order valence-corrected chi connectivity index (χ0v) is 19.0. The highest BCUT2D eigenvalue weighted by Crippen LogP contribution is 2.28. The van der Waals surface area contributed by atoms with Gasteiger partial charge in [0.15, 0.2) is 0 Å². The SMILES string of the molecule is COCCCNC(=O)c1cc(NC(=O)NCc2ccccc2)ccc1N1CCC(C)CC1. The van der Waals surface area contributed by atoms with E-state index in [0.717, 1.165) is 43.6 Å². The maximum Gasteiger partial charge on any atom is 0.319 e. The van der Waals surface area contributed by atoms with Crippen LogP contribution in [0.4, 0.5) is 16.2 Å². The van der Waals surface area contributed by atoms with E-state index in [-0.39, 0.29) is 11.9 Å². The minimum atomic E-state index is -0.306. The van der Waals surface area contributed by atoms with Gasteiger partial charge in [-0.3, -0.25) is 4.79 Å². The molecule has 0 atom stereocenters. The molecule has 1 saturated heterocycles. The number of rotatable bonds is 9. The number of nitrogens with one attached hydrogen (secondary N) is 3.